The number of para-hydroxylation sites is 1. The standard InChI is InChI=1S/C17H13N7O2/c18-22-13(10-5-4-8-12(25)9-10)14-15(19-11-6-2-1-3-7-11)21-17-16(20-14)23-26-24-17/h1-9,25H,18H2,(H,19,21,24)/b22-13+. The van der Waals surface area contributed by atoms with Crippen molar-refractivity contribution < 1.29 is 9.74 Å². The number of benzene rings is 2. The number of aromatic hydroxyl groups is 1. The SMILES string of the molecule is N/N=C(\c1cccc(O)c1)c1nc2nonc2nc1Nc1ccccc1. The van der Waals surface area contributed by atoms with E-state index >= 15 is 0 Å². The highest BCUT2D eigenvalue weighted by molar-refractivity contribution is 6.15. The molecule has 4 aromatic rings. The molecule has 9 heteroatoms. The van der Waals surface area contributed by atoms with Crippen molar-refractivity contribution in [3.8, 4) is 5.75 Å². The minimum absolute atomic E-state index is 0.0818. The van der Waals surface area contributed by atoms with Gasteiger partial charge in [-0.15, -0.1) is 0 Å². The number of nitrogens with one attached hydrogen (secondary N) is 1. The van der Waals surface area contributed by atoms with Crippen LogP contribution in [0.4, 0.5) is 11.5 Å². The number of rotatable bonds is 4. The molecular weight excluding hydrogens is 334 g/mol. The molecule has 0 saturated carbocycles. The molecule has 2 aromatic carbocycles. The molecule has 0 aliphatic rings. The van der Waals surface area contributed by atoms with E-state index in [1.54, 1.807) is 18.2 Å². The molecule has 0 atom stereocenters. The molecule has 0 aliphatic heterocycles. The van der Waals surface area contributed by atoms with Crippen molar-refractivity contribution >= 4 is 28.5 Å². The van der Waals surface area contributed by atoms with Gasteiger partial charge in [-0.05, 0) is 34.6 Å². The van der Waals surface area contributed by atoms with Crippen LogP contribution in [0.1, 0.15) is 11.3 Å². The van der Waals surface area contributed by atoms with Gasteiger partial charge in [0.15, 0.2) is 5.82 Å². The van der Waals surface area contributed by atoms with Crippen LogP contribution in [0.15, 0.2) is 64.3 Å². The predicted molar refractivity (Wildman–Crippen MR) is 95.1 cm³/mol. The fourth-order valence-electron chi connectivity index (χ4n) is 2.47. The molecule has 4 rings (SSSR count). The molecule has 0 aliphatic carbocycles. The lowest BCUT2D eigenvalue weighted by atomic mass is 10.1. The Morgan fingerprint density at radius 3 is 2.50 bits per heavy atom. The van der Waals surface area contributed by atoms with Crippen LogP contribution >= 0.6 is 0 Å². The molecule has 0 bridgehead atoms. The molecule has 0 fully saturated rings. The zero-order valence-corrected chi connectivity index (χ0v) is 13.4. The second kappa shape index (κ2) is 6.48. The number of nitrogens with zero attached hydrogens (tertiary/aromatic N) is 5. The Labute approximate surface area is 147 Å². The summed E-state index contributed by atoms with van der Waals surface area (Å²) in [7, 11) is 0. The van der Waals surface area contributed by atoms with Gasteiger partial charge in [0.2, 0.25) is 11.3 Å². The summed E-state index contributed by atoms with van der Waals surface area (Å²) in [6.07, 6.45) is 0. The highest BCUT2D eigenvalue weighted by Crippen LogP contribution is 2.23. The number of phenolic OH excluding ortho intramolecular Hbond substituents is 1. The van der Waals surface area contributed by atoms with Gasteiger partial charge in [0, 0.05) is 11.3 Å². The van der Waals surface area contributed by atoms with Gasteiger partial charge in [0.25, 0.3) is 0 Å². The molecule has 0 radical (unpaired) electrons. The zero-order chi connectivity index (χ0) is 17.9. The average molecular weight is 347 g/mol. The second-order valence-electron chi connectivity index (χ2n) is 5.35. The normalized spacial score (nSPS) is 11.6. The number of fused-ring (bicyclic) bond motifs is 1. The Balaban J connectivity index is 1.87. The van der Waals surface area contributed by atoms with Crippen LogP contribution in [0.25, 0.3) is 11.3 Å². The first-order chi connectivity index (χ1) is 12.7. The molecule has 26 heavy (non-hydrogen) atoms. The van der Waals surface area contributed by atoms with Crippen molar-refractivity contribution in [3.63, 3.8) is 0 Å². The van der Waals surface area contributed by atoms with Gasteiger partial charge in [0.1, 0.15) is 17.2 Å². The maximum absolute atomic E-state index is 9.76. The molecule has 0 saturated heterocycles. The largest absolute Gasteiger partial charge is 0.508 e. The third-order valence-electron chi connectivity index (χ3n) is 3.62. The molecule has 2 aromatic heterocycles. The van der Waals surface area contributed by atoms with Crippen molar-refractivity contribution in [2.45, 2.75) is 0 Å². The summed E-state index contributed by atoms with van der Waals surface area (Å²) in [5.41, 5.74) is 2.53. The van der Waals surface area contributed by atoms with Crippen LogP contribution < -0.4 is 11.2 Å². The zero-order valence-electron chi connectivity index (χ0n) is 13.4. The topological polar surface area (TPSA) is 135 Å². The summed E-state index contributed by atoms with van der Waals surface area (Å²) in [6.45, 7) is 0. The first kappa shape index (κ1) is 15.5. The number of anilines is 2. The van der Waals surface area contributed by atoms with Gasteiger partial charge >= 0.3 is 0 Å². The van der Waals surface area contributed by atoms with Gasteiger partial charge < -0.3 is 16.3 Å². The van der Waals surface area contributed by atoms with Crippen molar-refractivity contribution in [3.05, 3.63) is 65.9 Å². The summed E-state index contributed by atoms with van der Waals surface area (Å²) in [5, 5.41) is 24.2. The first-order valence-electron chi connectivity index (χ1n) is 7.64. The average Bonchev–Trinajstić information content (AvgIpc) is 3.11. The fraction of sp³-hybridized carbons (Fsp3) is 0. The quantitative estimate of drug-likeness (QED) is 0.290. The van der Waals surface area contributed by atoms with Crippen molar-refractivity contribution in [2.24, 2.45) is 10.9 Å². The van der Waals surface area contributed by atoms with Gasteiger partial charge in [-0.3, -0.25) is 0 Å². The molecule has 0 unspecified atom stereocenters. The van der Waals surface area contributed by atoms with Gasteiger partial charge in [-0.2, -0.15) is 5.10 Å². The Morgan fingerprint density at radius 2 is 1.77 bits per heavy atom. The highest BCUT2D eigenvalue weighted by atomic mass is 16.6. The number of hydrogen-bond donors (Lipinski definition) is 3. The predicted octanol–water partition coefficient (Wildman–Crippen LogP) is 2.17. The van der Waals surface area contributed by atoms with E-state index in [1.807, 2.05) is 30.3 Å². The monoisotopic (exact) mass is 347 g/mol. The smallest absolute Gasteiger partial charge is 0.245 e. The number of hydrogen-bond acceptors (Lipinski definition) is 9. The molecule has 2 heterocycles. The summed E-state index contributed by atoms with van der Waals surface area (Å²) in [4.78, 5) is 8.83. The van der Waals surface area contributed by atoms with Gasteiger partial charge in [-0.25, -0.2) is 14.6 Å². The molecule has 0 amide bonds. The van der Waals surface area contributed by atoms with Crippen molar-refractivity contribution in [2.75, 3.05) is 5.32 Å². The lowest BCUT2D eigenvalue weighted by Crippen LogP contribution is -2.13. The Bertz CT molecular complexity index is 1090. The molecule has 128 valence electrons. The minimum atomic E-state index is 0.0818. The molecular formula is C17H13N7O2. The maximum Gasteiger partial charge on any atom is 0.245 e. The number of nitrogens with two attached hydrogens (primary N) is 1. The van der Waals surface area contributed by atoms with Crippen molar-refractivity contribution in [1.29, 1.82) is 0 Å². The van der Waals surface area contributed by atoms with E-state index in [4.69, 9.17) is 10.5 Å². The van der Waals surface area contributed by atoms with Crippen LogP contribution in [0, 0.1) is 0 Å². The van der Waals surface area contributed by atoms with E-state index in [-0.39, 0.29) is 17.0 Å². The third kappa shape index (κ3) is 2.88. The van der Waals surface area contributed by atoms with Crippen LogP contribution in [0.5, 0.6) is 5.75 Å². The number of aromatic nitrogens is 4. The summed E-state index contributed by atoms with van der Waals surface area (Å²) < 4.78 is 4.70. The lowest BCUT2D eigenvalue weighted by Gasteiger charge is -2.11. The first-order valence-corrected chi connectivity index (χ1v) is 7.64. The van der Waals surface area contributed by atoms with Crippen LogP contribution in [0.3, 0.4) is 0 Å². The Kier molecular flexibility index (Phi) is 3.86. The van der Waals surface area contributed by atoms with E-state index < -0.39 is 0 Å². The van der Waals surface area contributed by atoms with E-state index in [1.165, 1.54) is 6.07 Å². The fourth-order valence-corrected chi connectivity index (χ4v) is 2.47. The van der Waals surface area contributed by atoms with Crippen molar-refractivity contribution in [1.82, 2.24) is 20.3 Å². The van der Waals surface area contributed by atoms with E-state index in [2.05, 4.69) is 30.7 Å². The lowest BCUT2D eigenvalue weighted by molar-refractivity contribution is 0.314. The summed E-state index contributed by atoms with van der Waals surface area (Å²) >= 11 is 0. The van der Waals surface area contributed by atoms with Gasteiger partial charge in [0.05, 0.1) is 0 Å². The molecule has 4 N–H and O–H groups in total. The Hall–Kier alpha value is -4.01. The highest BCUT2D eigenvalue weighted by Gasteiger charge is 2.19. The minimum Gasteiger partial charge on any atom is -0.508 e. The number of phenols is 1. The summed E-state index contributed by atoms with van der Waals surface area (Å²) in [5.74, 6) is 6.08. The van der Waals surface area contributed by atoms with Gasteiger partial charge in [-0.1, -0.05) is 30.3 Å². The molecule has 9 nitrogen and oxygen atoms in total. The summed E-state index contributed by atoms with van der Waals surface area (Å²) in [6, 6.07) is 16.0. The second-order valence-corrected chi connectivity index (χ2v) is 5.35. The Morgan fingerprint density at radius 1 is 1.00 bits per heavy atom. The van der Waals surface area contributed by atoms with Crippen LogP contribution in [-0.2, 0) is 0 Å². The van der Waals surface area contributed by atoms with E-state index in [9.17, 15) is 5.11 Å². The van der Waals surface area contributed by atoms with E-state index in [0.29, 0.717) is 22.8 Å². The molecule has 0 spiro atoms. The maximum atomic E-state index is 9.76. The van der Waals surface area contributed by atoms with Crippen LogP contribution in [0.2, 0.25) is 0 Å². The van der Waals surface area contributed by atoms with E-state index in [0.717, 1.165) is 5.69 Å². The van der Waals surface area contributed by atoms with Crippen LogP contribution in [-0.4, -0.2) is 31.1 Å². The third-order valence-corrected chi connectivity index (χ3v) is 3.62. The number of hydrazone groups is 1.